The number of tetrazole rings is 1. The van der Waals surface area contributed by atoms with Crippen molar-refractivity contribution >= 4 is 17.7 Å². The lowest BCUT2D eigenvalue weighted by Crippen LogP contribution is -2.39. The van der Waals surface area contributed by atoms with Gasteiger partial charge in [-0.3, -0.25) is 4.79 Å². The van der Waals surface area contributed by atoms with Crippen molar-refractivity contribution in [2.75, 3.05) is 12.3 Å². The van der Waals surface area contributed by atoms with E-state index in [4.69, 9.17) is 4.42 Å². The molecule has 7 nitrogen and oxygen atoms in total. The Kier molecular flexibility index (Phi) is 5.79. The van der Waals surface area contributed by atoms with Crippen molar-refractivity contribution in [3.8, 4) is 5.69 Å². The molecule has 2 aromatic heterocycles. The first-order valence-corrected chi connectivity index (χ1v) is 8.74. The second kappa shape index (κ2) is 8.25. The van der Waals surface area contributed by atoms with Crippen molar-refractivity contribution in [3.63, 3.8) is 0 Å². The van der Waals surface area contributed by atoms with Crippen LogP contribution in [0.15, 0.2) is 58.3 Å². The predicted molar refractivity (Wildman–Crippen MR) is 90.1 cm³/mol. The highest BCUT2D eigenvalue weighted by molar-refractivity contribution is 7.99. The Hall–Kier alpha value is -2.82. The Bertz CT molecular complexity index is 868. The summed E-state index contributed by atoms with van der Waals surface area (Å²) in [5.74, 6) is -0.674. The van der Waals surface area contributed by atoms with Crippen LogP contribution in [0.2, 0.25) is 0 Å². The van der Waals surface area contributed by atoms with Crippen molar-refractivity contribution in [1.82, 2.24) is 25.1 Å². The summed E-state index contributed by atoms with van der Waals surface area (Å²) in [6.45, 7) is -1.63. The summed E-state index contributed by atoms with van der Waals surface area (Å²) in [6.07, 6.45) is -3.17. The molecule has 0 bridgehead atoms. The smallest absolute Gasteiger partial charge is 0.406 e. The van der Waals surface area contributed by atoms with Crippen LogP contribution in [0.1, 0.15) is 5.76 Å². The Balaban J connectivity index is 1.68. The lowest BCUT2D eigenvalue weighted by atomic mass is 10.3. The molecule has 27 heavy (non-hydrogen) atoms. The van der Waals surface area contributed by atoms with Crippen LogP contribution in [0.4, 0.5) is 13.2 Å². The van der Waals surface area contributed by atoms with Gasteiger partial charge < -0.3 is 9.32 Å². The molecule has 0 radical (unpaired) electrons. The highest BCUT2D eigenvalue weighted by atomic mass is 32.2. The third-order valence-corrected chi connectivity index (χ3v) is 4.32. The van der Waals surface area contributed by atoms with Crippen LogP contribution in [0.3, 0.4) is 0 Å². The second-order valence-electron chi connectivity index (χ2n) is 5.44. The molecule has 3 rings (SSSR count). The number of nitrogens with zero attached hydrogens (tertiary/aromatic N) is 5. The number of carbonyl (C=O) groups is 1. The highest BCUT2D eigenvalue weighted by Gasteiger charge is 2.33. The van der Waals surface area contributed by atoms with Gasteiger partial charge in [-0.25, -0.2) is 0 Å². The number of amides is 1. The Morgan fingerprint density at radius 3 is 2.63 bits per heavy atom. The number of furan rings is 1. The Labute approximate surface area is 156 Å². The van der Waals surface area contributed by atoms with E-state index >= 15 is 0 Å². The number of thioether (sulfide) groups is 1. The first-order chi connectivity index (χ1) is 12.9. The zero-order chi connectivity index (χ0) is 19.3. The molecule has 1 amide bonds. The monoisotopic (exact) mass is 397 g/mol. The van der Waals surface area contributed by atoms with Crippen LogP contribution < -0.4 is 0 Å². The number of hydrogen-bond acceptors (Lipinski definition) is 6. The number of carbonyl (C=O) groups excluding carboxylic acids is 1. The predicted octanol–water partition coefficient (Wildman–Crippen LogP) is 2.94. The van der Waals surface area contributed by atoms with E-state index in [9.17, 15) is 18.0 Å². The summed E-state index contributed by atoms with van der Waals surface area (Å²) in [6, 6.07) is 12.0. The van der Waals surface area contributed by atoms with E-state index in [1.807, 2.05) is 6.07 Å². The van der Waals surface area contributed by atoms with Crippen molar-refractivity contribution in [2.45, 2.75) is 17.9 Å². The van der Waals surface area contributed by atoms with Gasteiger partial charge in [-0.05, 0) is 34.7 Å². The minimum absolute atomic E-state index is 0.246. The zero-order valence-corrected chi connectivity index (χ0v) is 14.7. The zero-order valence-electron chi connectivity index (χ0n) is 13.8. The van der Waals surface area contributed by atoms with Crippen LogP contribution in [-0.4, -0.2) is 49.5 Å². The SMILES string of the molecule is O=C(CSc1nnnn1-c1ccccc1)N(Cc1ccco1)CC(F)(F)F. The molecule has 142 valence electrons. The fourth-order valence-corrected chi connectivity index (χ4v) is 3.05. The molecule has 0 aliphatic rings. The maximum Gasteiger partial charge on any atom is 0.406 e. The van der Waals surface area contributed by atoms with Gasteiger partial charge in [0.25, 0.3) is 0 Å². The summed E-state index contributed by atoms with van der Waals surface area (Å²) in [5, 5.41) is 11.5. The largest absolute Gasteiger partial charge is 0.467 e. The van der Waals surface area contributed by atoms with E-state index in [-0.39, 0.29) is 18.1 Å². The lowest BCUT2D eigenvalue weighted by Gasteiger charge is -2.22. The van der Waals surface area contributed by atoms with Crippen molar-refractivity contribution in [3.05, 3.63) is 54.5 Å². The van der Waals surface area contributed by atoms with Gasteiger partial charge in [-0.2, -0.15) is 17.9 Å². The number of para-hydroxylation sites is 1. The Morgan fingerprint density at radius 1 is 1.19 bits per heavy atom. The van der Waals surface area contributed by atoms with Crippen LogP contribution in [-0.2, 0) is 11.3 Å². The molecule has 0 fully saturated rings. The van der Waals surface area contributed by atoms with E-state index in [1.165, 1.54) is 17.0 Å². The van der Waals surface area contributed by atoms with Gasteiger partial charge in [0, 0.05) is 0 Å². The minimum Gasteiger partial charge on any atom is -0.467 e. The van der Waals surface area contributed by atoms with Crippen LogP contribution in [0.5, 0.6) is 0 Å². The molecule has 0 unspecified atom stereocenters. The summed E-state index contributed by atoms with van der Waals surface area (Å²) >= 11 is 0.961. The van der Waals surface area contributed by atoms with E-state index in [0.29, 0.717) is 15.7 Å². The molecule has 11 heteroatoms. The summed E-state index contributed by atoms with van der Waals surface area (Å²) in [5.41, 5.74) is 0.681. The molecule has 2 heterocycles. The number of rotatable bonds is 7. The average molecular weight is 397 g/mol. The third-order valence-electron chi connectivity index (χ3n) is 3.42. The molecule has 0 aliphatic carbocycles. The molecule has 0 spiro atoms. The summed E-state index contributed by atoms with van der Waals surface area (Å²) in [4.78, 5) is 13.1. The molecular weight excluding hydrogens is 383 g/mol. The minimum atomic E-state index is -4.52. The molecule has 1 aromatic carbocycles. The molecule has 0 atom stereocenters. The normalized spacial score (nSPS) is 11.5. The molecule has 0 saturated carbocycles. The van der Waals surface area contributed by atoms with Gasteiger partial charge in [0.15, 0.2) is 0 Å². The van der Waals surface area contributed by atoms with Crippen LogP contribution in [0.25, 0.3) is 5.69 Å². The van der Waals surface area contributed by atoms with E-state index < -0.39 is 18.6 Å². The first kappa shape index (κ1) is 19.0. The van der Waals surface area contributed by atoms with Gasteiger partial charge in [0.2, 0.25) is 11.1 Å². The Morgan fingerprint density at radius 2 is 1.96 bits per heavy atom. The summed E-state index contributed by atoms with van der Waals surface area (Å²) < 4.78 is 44.9. The van der Waals surface area contributed by atoms with Crippen molar-refractivity contribution in [1.29, 1.82) is 0 Å². The van der Waals surface area contributed by atoms with Gasteiger partial charge in [0.1, 0.15) is 12.3 Å². The number of aromatic nitrogens is 4. The van der Waals surface area contributed by atoms with E-state index in [1.54, 1.807) is 30.3 Å². The van der Waals surface area contributed by atoms with Gasteiger partial charge in [0.05, 0.1) is 24.2 Å². The van der Waals surface area contributed by atoms with Crippen molar-refractivity contribution < 1.29 is 22.4 Å². The van der Waals surface area contributed by atoms with Gasteiger partial charge >= 0.3 is 6.18 Å². The van der Waals surface area contributed by atoms with Crippen LogP contribution >= 0.6 is 11.8 Å². The number of alkyl halides is 3. The van der Waals surface area contributed by atoms with E-state index in [0.717, 1.165) is 11.8 Å². The van der Waals surface area contributed by atoms with Crippen LogP contribution in [0, 0.1) is 0 Å². The maximum atomic E-state index is 12.8. The highest BCUT2D eigenvalue weighted by Crippen LogP contribution is 2.22. The first-order valence-electron chi connectivity index (χ1n) is 7.76. The van der Waals surface area contributed by atoms with Crippen molar-refractivity contribution in [2.24, 2.45) is 0 Å². The number of hydrogen-bond donors (Lipinski definition) is 0. The van der Waals surface area contributed by atoms with E-state index in [2.05, 4.69) is 15.5 Å². The van der Waals surface area contributed by atoms with Gasteiger partial charge in [-0.15, -0.1) is 5.10 Å². The van der Waals surface area contributed by atoms with Gasteiger partial charge in [-0.1, -0.05) is 30.0 Å². The molecule has 0 N–H and O–H groups in total. The maximum absolute atomic E-state index is 12.8. The quantitative estimate of drug-likeness (QED) is 0.571. The number of halogens is 3. The second-order valence-corrected chi connectivity index (χ2v) is 6.38. The topological polar surface area (TPSA) is 77.1 Å². The molecule has 0 saturated heterocycles. The standard InChI is InChI=1S/C16H14F3N5O2S/c17-16(18,19)11-23(9-13-7-4-8-26-13)14(25)10-27-15-20-21-22-24(15)12-5-2-1-3-6-12/h1-8H,9-11H2. The summed E-state index contributed by atoms with van der Waals surface area (Å²) in [7, 11) is 0. The lowest BCUT2D eigenvalue weighted by molar-refractivity contribution is -0.161. The fraction of sp³-hybridized carbons (Fsp3) is 0.250. The molecule has 3 aromatic rings. The molecule has 0 aliphatic heterocycles. The number of benzene rings is 1. The fourth-order valence-electron chi connectivity index (χ4n) is 2.26. The average Bonchev–Trinajstić information content (AvgIpc) is 3.30. The molecular formula is C16H14F3N5O2S. The third kappa shape index (κ3) is 5.33.